The van der Waals surface area contributed by atoms with Gasteiger partial charge in [-0.2, -0.15) is 5.10 Å². The van der Waals surface area contributed by atoms with Crippen LogP contribution in [0.25, 0.3) is 0 Å². The van der Waals surface area contributed by atoms with Crippen LogP contribution in [0.3, 0.4) is 0 Å². The van der Waals surface area contributed by atoms with Crippen molar-refractivity contribution >= 4 is 5.91 Å². The van der Waals surface area contributed by atoms with Crippen LogP contribution in [0.1, 0.15) is 23.0 Å². The Bertz CT molecular complexity index is 379. The van der Waals surface area contributed by atoms with Crippen LogP contribution in [0.2, 0.25) is 0 Å². The second kappa shape index (κ2) is 4.65. The molecule has 2 rings (SSSR count). The topological polar surface area (TPSA) is 50.2 Å². The highest BCUT2D eigenvalue weighted by Gasteiger charge is 2.22. The zero-order valence-electron chi connectivity index (χ0n) is 9.86. The molecule has 0 unspecified atom stereocenters. The van der Waals surface area contributed by atoms with E-state index in [9.17, 15) is 4.79 Å². The summed E-state index contributed by atoms with van der Waals surface area (Å²) in [6.07, 6.45) is 2.52. The molecule has 1 aromatic heterocycles. The molecule has 1 aliphatic rings. The number of hydrogen-bond acceptors (Lipinski definition) is 3. The molecule has 0 aromatic carbocycles. The maximum atomic E-state index is 12.2. The lowest BCUT2D eigenvalue weighted by atomic mass is 10.1. The lowest BCUT2D eigenvalue weighted by molar-refractivity contribution is 0.0734. The monoisotopic (exact) mass is 222 g/mol. The van der Waals surface area contributed by atoms with Gasteiger partial charge in [0.15, 0.2) is 0 Å². The zero-order chi connectivity index (χ0) is 11.5. The summed E-state index contributed by atoms with van der Waals surface area (Å²) in [5.41, 5.74) is 1.77. The van der Waals surface area contributed by atoms with Gasteiger partial charge in [-0.15, -0.1) is 0 Å². The second-order valence-electron chi connectivity index (χ2n) is 4.02. The number of piperazine rings is 1. The fourth-order valence-corrected chi connectivity index (χ4v) is 2.10. The third-order valence-electron chi connectivity index (χ3n) is 3.03. The summed E-state index contributed by atoms with van der Waals surface area (Å²) in [6, 6.07) is 0. The second-order valence-corrected chi connectivity index (χ2v) is 4.02. The molecule has 0 spiro atoms. The summed E-state index contributed by atoms with van der Waals surface area (Å²) >= 11 is 0. The molecule has 0 radical (unpaired) electrons. The first-order valence-electron chi connectivity index (χ1n) is 5.75. The molecule has 5 nitrogen and oxygen atoms in total. The van der Waals surface area contributed by atoms with Crippen molar-refractivity contribution in [3.05, 3.63) is 17.5 Å². The quantitative estimate of drug-likeness (QED) is 0.768. The zero-order valence-corrected chi connectivity index (χ0v) is 9.86. The van der Waals surface area contributed by atoms with E-state index < -0.39 is 0 Å². The van der Waals surface area contributed by atoms with E-state index in [-0.39, 0.29) is 5.91 Å². The van der Waals surface area contributed by atoms with Crippen LogP contribution in [0.15, 0.2) is 6.20 Å². The Morgan fingerprint density at radius 2 is 2.19 bits per heavy atom. The Balaban J connectivity index is 2.19. The summed E-state index contributed by atoms with van der Waals surface area (Å²) in [5.74, 6) is 0.117. The smallest absolute Gasteiger partial charge is 0.257 e. The average molecular weight is 222 g/mol. The summed E-state index contributed by atoms with van der Waals surface area (Å²) in [4.78, 5) is 14.1. The van der Waals surface area contributed by atoms with Crippen LogP contribution in [-0.4, -0.2) is 46.8 Å². The predicted molar refractivity (Wildman–Crippen MR) is 61.4 cm³/mol. The van der Waals surface area contributed by atoms with Crippen molar-refractivity contribution in [2.24, 2.45) is 7.05 Å². The molecule has 1 N–H and O–H groups in total. The standard InChI is InChI=1S/C11H18N4O/c1-3-10-9(8-13-14(10)2)11(16)15-6-4-12-5-7-15/h8,12H,3-7H2,1-2H3. The minimum atomic E-state index is 0.117. The van der Waals surface area contributed by atoms with Gasteiger partial charge < -0.3 is 10.2 Å². The van der Waals surface area contributed by atoms with Crippen LogP contribution in [0.4, 0.5) is 0 Å². The maximum Gasteiger partial charge on any atom is 0.257 e. The molecule has 1 saturated heterocycles. The van der Waals surface area contributed by atoms with Crippen LogP contribution in [0, 0.1) is 0 Å². The summed E-state index contributed by atoms with van der Waals surface area (Å²) in [5, 5.41) is 7.40. The molecule has 88 valence electrons. The van der Waals surface area contributed by atoms with Crippen LogP contribution >= 0.6 is 0 Å². The molecular formula is C11H18N4O. The first-order chi connectivity index (χ1) is 7.74. The Morgan fingerprint density at radius 3 is 2.81 bits per heavy atom. The number of hydrogen-bond donors (Lipinski definition) is 1. The maximum absolute atomic E-state index is 12.2. The third kappa shape index (κ3) is 1.95. The van der Waals surface area contributed by atoms with Gasteiger partial charge in [0, 0.05) is 33.2 Å². The van der Waals surface area contributed by atoms with Crippen molar-refractivity contribution in [3.8, 4) is 0 Å². The van der Waals surface area contributed by atoms with Crippen molar-refractivity contribution in [1.29, 1.82) is 0 Å². The van der Waals surface area contributed by atoms with Gasteiger partial charge in [-0.1, -0.05) is 6.92 Å². The van der Waals surface area contributed by atoms with Gasteiger partial charge in [-0.25, -0.2) is 0 Å². The molecular weight excluding hydrogens is 204 g/mol. The van der Waals surface area contributed by atoms with Crippen molar-refractivity contribution in [1.82, 2.24) is 20.0 Å². The minimum absolute atomic E-state index is 0.117. The lowest BCUT2D eigenvalue weighted by Gasteiger charge is -2.27. The minimum Gasteiger partial charge on any atom is -0.336 e. The number of rotatable bonds is 2. The van der Waals surface area contributed by atoms with Gasteiger partial charge in [0.05, 0.1) is 17.5 Å². The highest BCUT2D eigenvalue weighted by atomic mass is 16.2. The summed E-state index contributed by atoms with van der Waals surface area (Å²) < 4.78 is 1.79. The van der Waals surface area contributed by atoms with Gasteiger partial charge in [0.1, 0.15) is 0 Å². The van der Waals surface area contributed by atoms with Gasteiger partial charge in [0.25, 0.3) is 5.91 Å². The molecule has 2 heterocycles. The summed E-state index contributed by atoms with van der Waals surface area (Å²) in [7, 11) is 1.88. The molecule has 1 fully saturated rings. The molecule has 5 heteroatoms. The van der Waals surface area contributed by atoms with E-state index in [4.69, 9.17) is 0 Å². The SMILES string of the molecule is CCc1c(C(=O)N2CCNCC2)cnn1C. The number of carbonyl (C=O) groups excluding carboxylic acids is 1. The normalized spacial score (nSPS) is 16.5. The Morgan fingerprint density at radius 1 is 1.50 bits per heavy atom. The van der Waals surface area contributed by atoms with Gasteiger partial charge >= 0.3 is 0 Å². The predicted octanol–water partition coefficient (Wildman–Crippen LogP) is 0.0279. The van der Waals surface area contributed by atoms with E-state index in [0.29, 0.717) is 0 Å². The van der Waals surface area contributed by atoms with Crippen molar-refractivity contribution in [2.45, 2.75) is 13.3 Å². The molecule has 1 amide bonds. The van der Waals surface area contributed by atoms with Crippen LogP contribution in [-0.2, 0) is 13.5 Å². The molecule has 0 bridgehead atoms. The average Bonchev–Trinajstić information content (AvgIpc) is 2.70. The molecule has 0 aliphatic carbocycles. The number of nitrogens with one attached hydrogen (secondary N) is 1. The molecule has 0 saturated carbocycles. The Hall–Kier alpha value is -1.36. The Labute approximate surface area is 95.4 Å². The van der Waals surface area contributed by atoms with Crippen LogP contribution in [0.5, 0.6) is 0 Å². The highest BCUT2D eigenvalue weighted by Crippen LogP contribution is 2.12. The number of carbonyl (C=O) groups is 1. The van der Waals surface area contributed by atoms with Crippen molar-refractivity contribution < 1.29 is 4.79 Å². The van der Waals surface area contributed by atoms with E-state index in [0.717, 1.165) is 43.9 Å². The fourth-order valence-electron chi connectivity index (χ4n) is 2.10. The number of nitrogens with zero attached hydrogens (tertiary/aromatic N) is 3. The van der Waals surface area contributed by atoms with E-state index in [1.54, 1.807) is 10.9 Å². The lowest BCUT2D eigenvalue weighted by Crippen LogP contribution is -2.46. The van der Waals surface area contributed by atoms with Crippen molar-refractivity contribution in [2.75, 3.05) is 26.2 Å². The molecule has 1 aliphatic heterocycles. The Kier molecular flexibility index (Phi) is 3.24. The highest BCUT2D eigenvalue weighted by molar-refractivity contribution is 5.95. The summed E-state index contributed by atoms with van der Waals surface area (Å²) in [6.45, 7) is 5.39. The first kappa shape index (κ1) is 11.1. The first-order valence-corrected chi connectivity index (χ1v) is 5.75. The van der Waals surface area contributed by atoms with E-state index >= 15 is 0 Å². The largest absolute Gasteiger partial charge is 0.336 e. The van der Waals surface area contributed by atoms with E-state index in [1.165, 1.54) is 0 Å². The van der Waals surface area contributed by atoms with Gasteiger partial charge in [0.2, 0.25) is 0 Å². The van der Waals surface area contributed by atoms with Crippen molar-refractivity contribution in [3.63, 3.8) is 0 Å². The number of aromatic nitrogens is 2. The third-order valence-corrected chi connectivity index (χ3v) is 3.03. The van der Waals surface area contributed by atoms with Crippen LogP contribution < -0.4 is 5.32 Å². The molecule has 16 heavy (non-hydrogen) atoms. The number of amides is 1. The molecule has 0 atom stereocenters. The molecule has 1 aromatic rings. The number of aryl methyl sites for hydroxylation is 1. The van der Waals surface area contributed by atoms with E-state index in [1.807, 2.05) is 18.9 Å². The fraction of sp³-hybridized carbons (Fsp3) is 0.636. The van der Waals surface area contributed by atoms with E-state index in [2.05, 4.69) is 10.4 Å². The van der Waals surface area contributed by atoms with Gasteiger partial charge in [-0.05, 0) is 6.42 Å². The van der Waals surface area contributed by atoms with Gasteiger partial charge in [-0.3, -0.25) is 9.48 Å².